The molecule has 0 aliphatic rings. The van der Waals surface area contributed by atoms with Crippen LogP contribution < -0.4 is 5.32 Å². The van der Waals surface area contributed by atoms with E-state index in [1.807, 2.05) is 18.2 Å². The van der Waals surface area contributed by atoms with E-state index >= 15 is 0 Å². The van der Waals surface area contributed by atoms with E-state index in [0.29, 0.717) is 15.6 Å². The zero-order chi connectivity index (χ0) is 15.9. The minimum atomic E-state index is -0.189. The summed E-state index contributed by atoms with van der Waals surface area (Å²) in [7, 11) is 0. The number of halogens is 2. The Balaban J connectivity index is 1.96. The zero-order valence-electron chi connectivity index (χ0n) is 11.7. The molecule has 3 nitrogen and oxygen atoms in total. The molecule has 2 N–H and O–H groups in total. The Morgan fingerprint density at radius 3 is 2.55 bits per heavy atom. The van der Waals surface area contributed by atoms with Gasteiger partial charge >= 0.3 is 0 Å². The summed E-state index contributed by atoms with van der Waals surface area (Å²) >= 11 is 13.7. The summed E-state index contributed by atoms with van der Waals surface area (Å²) in [5.41, 5.74) is 1.66. The van der Waals surface area contributed by atoms with Gasteiger partial charge in [-0.1, -0.05) is 35.3 Å². The number of aliphatic hydroxyl groups is 1. The second-order valence-electron chi connectivity index (χ2n) is 4.54. The van der Waals surface area contributed by atoms with Crippen LogP contribution in [0, 0.1) is 0 Å². The first-order valence-electron chi connectivity index (χ1n) is 6.66. The molecule has 0 spiro atoms. The van der Waals surface area contributed by atoms with Crippen LogP contribution in [0.25, 0.3) is 0 Å². The topological polar surface area (TPSA) is 49.3 Å². The number of thioether (sulfide) groups is 1. The van der Waals surface area contributed by atoms with Crippen LogP contribution in [0.3, 0.4) is 0 Å². The SMILES string of the molecule is O=C(NCCO)c1ccc(CSc2cc(Cl)ccc2Cl)cc1. The van der Waals surface area contributed by atoms with Crippen molar-refractivity contribution < 1.29 is 9.90 Å². The fourth-order valence-electron chi connectivity index (χ4n) is 1.77. The van der Waals surface area contributed by atoms with Gasteiger partial charge in [0.1, 0.15) is 0 Å². The van der Waals surface area contributed by atoms with Gasteiger partial charge in [-0.2, -0.15) is 0 Å². The molecule has 2 rings (SSSR count). The second-order valence-corrected chi connectivity index (χ2v) is 6.40. The third-order valence-electron chi connectivity index (χ3n) is 2.90. The van der Waals surface area contributed by atoms with E-state index in [1.165, 1.54) is 0 Å². The average Bonchev–Trinajstić information content (AvgIpc) is 2.54. The fraction of sp³-hybridized carbons (Fsp3) is 0.188. The van der Waals surface area contributed by atoms with Crippen LogP contribution in [0.1, 0.15) is 15.9 Å². The number of benzene rings is 2. The maximum atomic E-state index is 11.7. The third kappa shape index (κ3) is 4.92. The summed E-state index contributed by atoms with van der Waals surface area (Å²) in [5.74, 6) is 0.546. The Kier molecular flexibility index (Phi) is 6.58. The van der Waals surface area contributed by atoms with Crippen molar-refractivity contribution in [2.75, 3.05) is 13.2 Å². The number of amides is 1. The normalized spacial score (nSPS) is 10.5. The van der Waals surface area contributed by atoms with Gasteiger partial charge in [0.15, 0.2) is 0 Å². The molecule has 0 aliphatic carbocycles. The summed E-state index contributed by atoms with van der Waals surface area (Å²) in [6.07, 6.45) is 0. The number of hydrogen-bond acceptors (Lipinski definition) is 3. The van der Waals surface area contributed by atoms with Crippen molar-refractivity contribution in [3.63, 3.8) is 0 Å². The first-order chi connectivity index (χ1) is 10.6. The number of rotatable bonds is 6. The monoisotopic (exact) mass is 355 g/mol. The van der Waals surface area contributed by atoms with Crippen molar-refractivity contribution in [1.82, 2.24) is 5.32 Å². The van der Waals surface area contributed by atoms with Crippen molar-refractivity contribution in [2.45, 2.75) is 10.6 Å². The van der Waals surface area contributed by atoms with Crippen LogP contribution in [0.5, 0.6) is 0 Å². The zero-order valence-corrected chi connectivity index (χ0v) is 14.0. The highest BCUT2D eigenvalue weighted by atomic mass is 35.5. The molecule has 0 heterocycles. The lowest BCUT2D eigenvalue weighted by atomic mass is 10.1. The van der Waals surface area contributed by atoms with Crippen LogP contribution in [-0.4, -0.2) is 24.2 Å². The molecule has 0 bridgehead atoms. The molecule has 2 aromatic rings. The van der Waals surface area contributed by atoms with Crippen molar-refractivity contribution in [2.24, 2.45) is 0 Å². The lowest BCUT2D eigenvalue weighted by Gasteiger charge is -2.07. The highest BCUT2D eigenvalue weighted by Gasteiger charge is 2.06. The first kappa shape index (κ1) is 17.2. The maximum absolute atomic E-state index is 11.7. The molecule has 116 valence electrons. The summed E-state index contributed by atoms with van der Waals surface area (Å²) in [6, 6.07) is 12.7. The number of carbonyl (C=O) groups excluding carboxylic acids is 1. The number of aliphatic hydroxyl groups excluding tert-OH is 1. The van der Waals surface area contributed by atoms with Gasteiger partial charge in [-0.05, 0) is 35.9 Å². The average molecular weight is 356 g/mol. The predicted octanol–water partition coefficient (Wildman–Crippen LogP) is 4.01. The standard InChI is InChI=1S/C16H15Cl2NO2S/c17-13-5-6-14(18)15(9-13)22-10-11-1-3-12(4-2-11)16(21)19-7-8-20/h1-6,9,20H,7-8,10H2,(H,19,21). The molecular formula is C16H15Cl2NO2S. The van der Waals surface area contributed by atoms with E-state index < -0.39 is 0 Å². The Bertz CT molecular complexity index is 647. The van der Waals surface area contributed by atoms with Crippen LogP contribution >= 0.6 is 35.0 Å². The number of carbonyl (C=O) groups is 1. The summed E-state index contributed by atoms with van der Waals surface area (Å²) in [4.78, 5) is 12.6. The first-order valence-corrected chi connectivity index (χ1v) is 8.40. The molecule has 1 amide bonds. The molecule has 0 saturated heterocycles. The molecule has 0 aliphatic heterocycles. The summed E-state index contributed by atoms with van der Waals surface area (Å²) in [5, 5.41) is 12.6. The van der Waals surface area contributed by atoms with E-state index in [9.17, 15) is 4.79 Å². The molecular weight excluding hydrogens is 341 g/mol. The van der Waals surface area contributed by atoms with Gasteiger partial charge in [0.25, 0.3) is 5.91 Å². The second kappa shape index (κ2) is 8.44. The molecule has 0 fully saturated rings. The highest BCUT2D eigenvalue weighted by Crippen LogP contribution is 2.32. The van der Waals surface area contributed by atoms with Gasteiger partial charge in [0, 0.05) is 27.8 Å². The van der Waals surface area contributed by atoms with Gasteiger partial charge in [-0.15, -0.1) is 11.8 Å². The van der Waals surface area contributed by atoms with Crippen LogP contribution in [0.2, 0.25) is 10.0 Å². The predicted molar refractivity (Wildman–Crippen MR) is 91.9 cm³/mol. The minimum Gasteiger partial charge on any atom is -0.395 e. The summed E-state index contributed by atoms with van der Waals surface area (Å²) in [6.45, 7) is 0.185. The molecule has 0 unspecified atom stereocenters. The van der Waals surface area contributed by atoms with Crippen molar-refractivity contribution in [3.8, 4) is 0 Å². The molecule has 0 radical (unpaired) electrons. The van der Waals surface area contributed by atoms with E-state index in [2.05, 4.69) is 5.32 Å². The van der Waals surface area contributed by atoms with Crippen LogP contribution in [0.15, 0.2) is 47.4 Å². The number of hydrogen-bond donors (Lipinski definition) is 2. The summed E-state index contributed by atoms with van der Waals surface area (Å²) < 4.78 is 0. The molecule has 0 atom stereocenters. The van der Waals surface area contributed by atoms with Crippen molar-refractivity contribution >= 4 is 40.9 Å². The molecule has 6 heteroatoms. The van der Waals surface area contributed by atoms with Gasteiger partial charge in [0.05, 0.1) is 11.6 Å². The number of nitrogens with one attached hydrogen (secondary N) is 1. The third-order valence-corrected chi connectivity index (χ3v) is 4.70. The molecule has 0 aromatic heterocycles. The van der Waals surface area contributed by atoms with Crippen molar-refractivity contribution in [3.05, 3.63) is 63.6 Å². The Morgan fingerprint density at radius 2 is 1.86 bits per heavy atom. The van der Waals surface area contributed by atoms with E-state index in [-0.39, 0.29) is 19.1 Å². The van der Waals surface area contributed by atoms with Gasteiger partial charge in [-0.3, -0.25) is 4.79 Å². The minimum absolute atomic E-state index is 0.0686. The van der Waals surface area contributed by atoms with E-state index in [4.69, 9.17) is 28.3 Å². The Morgan fingerprint density at radius 1 is 1.14 bits per heavy atom. The van der Waals surface area contributed by atoms with Gasteiger partial charge in [0.2, 0.25) is 0 Å². The maximum Gasteiger partial charge on any atom is 0.251 e. The largest absolute Gasteiger partial charge is 0.395 e. The lowest BCUT2D eigenvalue weighted by Crippen LogP contribution is -2.26. The van der Waals surface area contributed by atoms with Crippen LogP contribution in [0.4, 0.5) is 0 Å². The fourth-order valence-corrected chi connectivity index (χ4v) is 3.22. The quantitative estimate of drug-likeness (QED) is 0.769. The molecule has 0 saturated carbocycles. The molecule has 2 aromatic carbocycles. The Hall–Kier alpha value is -1.20. The van der Waals surface area contributed by atoms with E-state index in [1.54, 1.807) is 36.0 Å². The van der Waals surface area contributed by atoms with Crippen molar-refractivity contribution in [1.29, 1.82) is 0 Å². The Labute approximate surface area is 143 Å². The smallest absolute Gasteiger partial charge is 0.251 e. The lowest BCUT2D eigenvalue weighted by molar-refractivity contribution is 0.0945. The van der Waals surface area contributed by atoms with E-state index in [0.717, 1.165) is 16.2 Å². The molecule has 22 heavy (non-hydrogen) atoms. The highest BCUT2D eigenvalue weighted by molar-refractivity contribution is 7.98. The van der Waals surface area contributed by atoms with Gasteiger partial charge < -0.3 is 10.4 Å². The van der Waals surface area contributed by atoms with Gasteiger partial charge in [-0.25, -0.2) is 0 Å². The van der Waals surface area contributed by atoms with Crippen LogP contribution in [-0.2, 0) is 5.75 Å².